The summed E-state index contributed by atoms with van der Waals surface area (Å²) in [5.74, 6) is 0.662. The Balaban J connectivity index is 2.05. The molecule has 0 saturated heterocycles. The summed E-state index contributed by atoms with van der Waals surface area (Å²) in [6, 6.07) is 2.10. The molecule has 0 N–H and O–H groups in total. The Bertz CT molecular complexity index is 76.4. The molecule has 6 heavy (non-hydrogen) atoms. The first kappa shape index (κ1) is 3.55. The van der Waals surface area contributed by atoms with Crippen LogP contribution in [0.25, 0.3) is 0 Å². The summed E-state index contributed by atoms with van der Waals surface area (Å²) in [5.41, 5.74) is 0. The second kappa shape index (κ2) is 1.22. The molecule has 1 unspecified atom stereocenters. The van der Waals surface area contributed by atoms with E-state index in [1.54, 1.807) is 0 Å². The predicted octanol–water partition coefficient (Wildman–Crippen LogP) is 1.12. The molecular formula is C5H6N+. The topological polar surface area (TPSA) is 23.8 Å². The highest BCUT2D eigenvalue weighted by Crippen LogP contribution is 2.29. The van der Waals surface area contributed by atoms with E-state index in [9.17, 15) is 0 Å². The third-order valence-electron chi connectivity index (χ3n) is 0.923. The molecule has 1 rings (SSSR count). The quantitative estimate of drug-likeness (QED) is 0.433. The summed E-state index contributed by atoms with van der Waals surface area (Å²) < 4.78 is 0. The molecule has 1 nitrogen and oxygen atoms in total. The summed E-state index contributed by atoms with van der Waals surface area (Å²) in [5, 5.41) is 8.01. The maximum Gasteiger partial charge on any atom is 0.151 e. The Hall–Kier alpha value is -0.640. The van der Waals surface area contributed by atoms with Crippen LogP contribution in [0.1, 0.15) is 12.8 Å². The van der Waals surface area contributed by atoms with Gasteiger partial charge in [-0.25, -0.2) is 0 Å². The van der Waals surface area contributed by atoms with E-state index in [4.69, 9.17) is 5.26 Å². The minimum absolute atomic E-state index is 0.662. The third-order valence-corrected chi connectivity index (χ3v) is 0.923. The first-order valence-electron chi connectivity index (χ1n) is 2.14. The van der Waals surface area contributed by atoms with Crippen LogP contribution < -0.4 is 0 Å². The molecule has 0 spiro atoms. The van der Waals surface area contributed by atoms with Gasteiger partial charge in [0.05, 0.1) is 18.9 Å². The summed E-state index contributed by atoms with van der Waals surface area (Å²) in [4.78, 5) is 0. The molecule has 1 fully saturated rings. The van der Waals surface area contributed by atoms with Crippen molar-refractivity contribution >= 4 is 0 Å². The lowest BCUT2D eigenvalue weighted by molar-refractivity contribution is 0.903. The van der Waals surface area contributed by atoms with Gasteiger partial charge in [0.2, 0.25) is 0 Å². The summed E-state index contributed by atoms with van der Waals surface area (Å²) >= 11 is 0. The molecular weight excluding hydrogens is 74.1 g/mol. The molecule has 1 aliphatic carbocycles. The predicted molar refractivity (Wildman–Crippen MR) is 22.6 cm³/mol. The van der Waals surface area contributed by atoms with Crippen molar-refractivity contribution in [3.8, 4) is 6.07 Å². The highest BCUT2D eigenvalue weighted by molar-refractivity contribution is 4.99. The van der Waals surface area contributed by atoms with Gasteiger partial charge in [-0.15, -0.1) is 0 Å². The van der Waals surface area contributed by atoms with Crippen LogP contribution in [0.4, 0.5) is 0 Å². The van der Waals surface area contributed by atoms with Gasteiger partial charge in [-0.05, 0) is 0 Å². The number of rotatable bonds is 1. The number of nitriles is 1. The maximum atomic E-state index is 8.01. The van der Waals surface area contributed by atoms with Gasteiger partial charge in [-0.1, -0.05) is 0 Å². The van der Waals surface area contributed by atoms with E-state index in [1.807, 2.05) is 0 Å². The van der Waals surface area contributed by atoms with Crippen molar-refractivity contribution in [2.75, 3.05) is 0 Å². The molecule has 0 aromatic rings. The Labute approximate surface area is 37.6 Å². The van der Waals surface area contributed by atoms with Crippen LogP contribution >= 0.6 is 0 Å². The molecule has 0 radical (unpaired) electrons. The lowest BCUT2D eigenvalue weighted by Crippen LogP contribution is -1.64. The standard InChI is InChI=1S/C5H6N/c6-4-3-5-1-2-5/h1,5H,2-3H2/q+1. The van der Waals surface area contributed by atoms with Crippen molar-refractivity contribution < 1.29 is 0 Å². The molecule has 0 bridgehead atoms. The minimum Gasteiger partial charge on any atom is -0.198 e. The smallest absolute Gasteiger partial charge is 0.151 e. The fraction of sp³-hybridized carbons (Fsp3) is 0.600. The number of hydrogen-bond donors (Lipinski definition) is 0. The second-order valence-electron chi connectivity index (χ2n) is 1.59. The maximum absolute atomic E-state index is 8.01. The fourth-order valence-electron chi connectivity index (χ4n) is 0.380. The van der Waals surface area contributed by atoms with Gasteiger partial charge in [0, 0.05) is 0 Å². The average molecular weight is 80.1 g/mol. The fourth-order valence-corrected chi connectivity index (χ4v) is 0.380. The molecule has 30 valence electrons. The zero-order chi connectivity index (χ0) is 4.41. The molecule has 0 amide bonds. The van der Waals surface area contributed by atoms with Crippen molar-refractivity contribution in [2.24, 2.45) is 5.92 Å². The zero-order valence-corrected chi connectivity index (χ0v) is 3.52. The van der Waals surface area contributed by atoms with Gasteiger partial charge in [-0.3, -0.25) is 0 Å². The lowest BCUT2D eigenvalue weighted by Gasteiger charge is -1.60. The molecule has 0 aromatic carbocycles. The molecule has 1 aliphatic rings. The van der Waals surface area contributed by atoms with E-state index in [-0.39, 0.29) is 0 Å². The number of nitrogens with zero attached hydrogens (tertiary/aromatic N) is 1. The highest BCUT2D eigenvalue weighted by atomic mass is 14.3. The van der Waals surface area contributed by atoms with Crippen molar-refractivity contribution in [3.63, 3.8) is 0 Å². The first-order chi connectivity index (χ1) is 2.93. The van der Waals surface area contributed by atoms with E-state index in [2.05, 4.69) is 12.5 Å². The van der Waals surface area contributed by atoms with E-state index >= 15 is 0 Å². The molecule has 1 heteroatoms. The third kappa shape index (κ3) is 0.651. The Morgan fingerprint density at radius 2 is 2.67 bits per heavy atom. The summed E-state index contributed by atoms with van der Waals surface area (Å²) in [6.45, 7) is 0. The lowest BCUT2D eigenvalue weighted by atomic mass is 10.3. The van der Waals surface area contributed by atoms with E-state index in [1.165, 1.54) is 6.42 Å². The summed E-state index contributed by atoms with van der Waals surface area (Å²) in [6.07, 6.45) is 4.07. The second-order valence-corrected chi connectivity index (χ2v) is 1.59. The zero-order valence-electron chi connectivity index (χ0n) is 3.52. The monoisotopic (exact) mass is 80.0 g/mol. The van der Waals surface area contributed by atoms with Gasteiger partial charge < -0.3 is 0 Å². The average Bonchev–Trinajstić information content (AvgIpc) is 2.21. The van der Waals surface area contributed by atoms with Gasteiger partial charge in [-0.2, -0.15) is 5.26 Å². The minimum atomic E-state index is 0.662. The van der Waals surface area contributed by atoms with Crippen LogP contribution in [0.2, 0.25) is 0 Å². The van der Waals surface area contributed by atoms with Crippen molar-refractivity contribution in [3.05, 3.63) is 6.42 Å². The Morgan fingerprint density at radius 3 is 2.83 bits per heavy atom. The SMILES string of the molecule is N#CCC1[CH+]C1. The molecule has 1 atom stereocenters. The Kier molecular flexibility index (Phi) is 0.719. The molecule has 0 aromatic heterocycles. The molecule has 0 aliphatic heterocycles. The summed E-state index contributed by atoms with van der Waals surface area (Å²) in [7, 11) is 0. The molecule has 0 heterocycles. The van der Waals surface area contributed by atoms with Crippen molar-refractivity contribution in [1.82, 2.24) is 0 Å². The van der Waals surface area contributed by atoms with Crippen LogP contribution in [0.15, 0.2) is 0 Å². The van der Waals surface area contributed by atoms with Crippen molar-refractivity contribution in [1.29, 1.82) is 5.26 Å². The van der Waals surface area contributed by atoms with E-state index in [0.717, 1.165) is 6.42 Å². The van der Waals surface area contributed by atoms with Crippen LogP contribution in [-0.2, 0) is 0 Å². The van der Waals surface area contributed by atoms with Gasteiger partial charge in [0.1, 0.15) is 6.42 Å². The van der Waals surface area contributed by atoms with Crippen LogP contribution in [-0.4, -0.2) is 0 Å². The Morgan fingerprint density at radius 1 is 2.00 bits per heavy atom. The highest BCUT2D eigenvalue weighted by Gasteiger charge is 2.34. The van der Waals surface area contributed by atoms with Crippen LogP contribution in [0, 0.1) is 23.7 Å². The number of hydrogen-bond acceptors (Lipinski definition) is 1. The van der Waals surface area contributed by atoms with Crippen LogP contribution in [0.3, 0.4) is 0 Å². The van der Waals surface area contributed by atoms with E-state index < -0.39 is 0 Å². The van der Waals surface area contributed by atoms with Gasteiger partial charge in [0.25, 0.3) is 0 Å². The van der Waals surface area contributed by atoms with Gasteiger partial charge in [0.15, 0.2) is 5.92 Å². The van der Waals surface area contributed by atoms with E-state index in [0.29, 0.717) is 5.92 Å². The van der Waals surface area contributed by atoms with Crippen molar-refractivity contribution in [2.45, 2.75) is 12.8 Å². The largest absolute Gasteiger partial charge is 0.198 e. The van der Waals surface area contributed by atoms with Gasteiger partial charge >= 0.3 is 0 Å². The van der Waals surface area contributed by atoms with Crippen LogP contribution in [0.5, 0.6) is 0 Å². The first-order valence-corrected chi connectivity index (χ1v) is 2.14. The normalized spacial score (nSPS) is 27.5. The molecule has 1 saturated carbocycles.